The van der Waals surface area contributed by atoms with Crippen molar-refractivity contribution in [1.82, 2.24) is 0 Å². The summed E-state index contributed by atoms with van der Waals surface area (Å²) in [5.74, 6) is 0.930. The van der Waals surface area contributed by atoms with Crippen LogP contribution < -0.4 is 4.74 Å². The van der Waals surface area contributed by atoms with Crippen molar-refractivity contribution in [2.45, 2.75) is 18.9 Å². The van der Waals surface area contributed by atoms with E-state index < -0.39 is 0 Å². The monoisotopic (exact) mass is 238 g/mol. The molecule has 0 aromatic heterocycles. The number of halogens is 1. The van der Waals surface area contributed by atoms with Crippen LogP contribution in [-0.2, 0) is 0 Å². The maximum Gasteiger partial charge on any atom is 0.134 e. The molecule has 0 amide bonds. The molecule has 1 aromatic rings. The van der Waals surface area contributed by atoms with Crippen LogP contribution in [0.4, 0.5) is 0 Å². The largest absolute Gasteiger partial charge is 0.485 e. The Bertz CT molecular complexity index is 320. The Morgan fingerprint density at radius 2 is 2.15 bits per heavy atom. The predicted octanol–water partition coefficient (Wildman–Crippen LogP) is 3.55. The number of benzene rings is 1. The zero-order valence-electron chi connectivity index (χ0n) is 7.24. The molecule has 2 rings (SSSR count). The third-order valence-electron chi connectivity index (χ3n) is 2.08. The Hall–Kier alpha value is -0.760. The Kier molecular flexibility index (Phi) is 2.69. The van der Waals surface area contributed by atoms with E-state index in [4.69, 9.17) is 4.74 Å². The number of rotatable bonds is 2. The van der Waals surface area contributed by atoms with E-state index in [0.29, 0.717) is 0 Å². The summed E-state index contributed by atoms with van der Waals surface area (Å²) in [6.07, 6.45) is 6.79. The van der Waals surface area contributed by atoms with Crippen molar-refractivity contribution < 1.29 is 4.74 Å². The highest BCUT2D eigenvalue weighted by Crippen LogP contribution is 2.27. The van der Waals surface area contributed by atoms with Crippen molar-refractivity contribution in [2.24, 2.45) is 0 Å². The molecule has 0 fully saturated rings. The Morgan fingerprint density at radius 3 is 2.85 bits per heavy atom. The van der Waals surface area contributed by atoms with Gasteiger partial charge in [0.25, 0.3) is 0 Å². The first-order valence-corrected chi connectivity index (χ1v) is 5.23. The molecule has 68 valence electrons. The molecule has 0 heterocycles. The first-order valence-electron chi connectivity index (χ1n) is 4.44. The van der Waals surface area contributed by atoms with E-state index >= 15 is 0 Å². The minimum atomic E-state index is 0.263. The summed E-state index contributed by atoms with van der Waals surface area (Å²) in [7, 11) is 0. The van der Waals surface area contributed by atoms with Crippen molar-refractivity contribution >= 4 is 15.9 Å². The standard InChI is InChI=1S/C11H11BrO/c12-10-7-3-4-8-11(10)13-9-5-1-2-6-9/h1,3-5,7-9H,2,6H2/t9-/m0/s1. The molecule has 1 aromatic carbocycles. The van der Waals surface area contributed by atoms with E-state index in [1.54, 1.807) is 0 Å². The second-order valence-corrected chi connectivity index (χ2v) is 3.95. The molecule has 1 nitrogen and oxygen atoms in total. The van der Waals surface area contributed by atoms with Gasteiger partial charge >= 0.3 is 0 Å². The van der Waals surface area contributed by atoms with Gasteiger partial charge in [-0.05, 0) is 47.0 Å². The Balaban J connectivity index is 2.09. The molecule has 1 aliphatic rings. The molecule has 13 heavy (non-hydrogen) atoms. The maximum absolute atomic E-state index is 5.77. The van der Waals surface area contributed by atoms with Crippen molar-refractivity contribution in [3.05, 3.63) is 40.9 Å². The van der Waals surface area contributed by atoms with Crippen LogP contribution in [0.2, 0.25) is 0 Å². The van der Waals surface area contributed by atoms with Gasteiger partial charge in [0, 0.05) is 0 Å². The van der Waals surface area contributed by atoms with Crippen LogP contribution in [0.1, 0.15) is 12.8 Å². The lowest BCUT2D eigenvalue weighted by Crippen LogP contribution is -2.09. The minimum Gasteiger partial charge on any atom is -0.485 e. The van der Waals surface area contributed by atoms with Gasteiger partial charge in [-0.25, -0.2) is 0 Å². The van der Waals surface area contributed by atoms with Crippen LogP contribution >= 0.6 is 15.9 Å². The second kappa shape index (κ2) is 3.97. The molecule has 2 heteroatoms. The average Bonchev–Trinajstić information content (AvgIpc) is 2.61. The van der Waals surface area contributed by atoms with Crippen LogP contribution in [0.5, 0.6) is 5.75 Å². The second-order valence-electron chi connectivity index (χ2n) is 3.09. The number of allylic oxidation sites excluding steroid dienone is 1. The van der Waals surface area contributed by atoms with Gasteiger partial charge in [0.15, 0.2) is 0 Å². The number of hydrogen-bond donors (Lipinski definition) is 0. The predicted molar refractivity (Wildman–Crippen MR) is 56.9 cm³/mol. The van der Waals surface area contributed by atoms with Gasteiger partial charge in [0.2, 0.25) is 0 Å². The first kappa shape index (κ1) is 8.82. The quantitative estimate of drug-likeness (QED) is 0.717. The maximum atomic E-state index is 5.77. The van der Waals surface area contributed by atoms with Crippen molar-refractivity contribution in [1.29, 1.82) is 0 Å². The zero-order chi connectivity index (χ0) is 9.10. The van der Waals surface area contributed by atoms with Crippen molar-refractivity contribution in [3.63, 3.8) is 0 Å². The minimum absolute atomic E-state index is 0.263. The fourth-order valence-corrected chi connectivity index (χ4v) is 1.78. The molecule has 0 N–H and O–H groups in total. The highest BCUT2D eigenvalue weighted by atomic mass is 79.9. The SMILES string of the molecule is Brc1ccccc1O[C@H]1C=CCC1. The van der Waals surface area contributed by atoms with Gasteiger partial charge in [0.1, 0.15) is 11.9 Å². The highest BCUT2D eigenvalue weighted by Gasteiger charge is 2.11. The number of para-hydroxylation sites is 1. The van der Waals surface area contributed by atoms with E-state index in [2.05, 4.69) is 28.1 Å². The van der Waals surface area contributed by atoms with Gasteiger partial charge in [-0.15, -0.1) is 0 Å². The summed E-state index contributed by atoms with van der Waals surface area (Å²) >= 11 is 3.45. The Labute approximate surface area is 86.5 Å². The summed E-state index contributed by atoms with van der Waals surface area (Å²) in [6, 6.07) is 7.95. The molecule has 0 bridgehead atoms. The van der Waals surface area contributed by atoms with Crippen LogP contribution in [0.3, 0.4) is 0 Å². The molecule has 0 saturated carbocycles. The van der Waals surface area contributed by atoms with Crippen molar-refractivity contribution in [2.75, 3.05) is 0 Å². The normalized spacial score (nSPS) is 20.5. The first-order chi connectivity index (χ1) is 6.36. The molecule has 1 aliphatic carbocycles. The van der Waals surface area contributed by atoms with E-state index in [-0.39, 0.29) is 6.10 Å². The summed E-state index contributed by atoms with van der Waals surface area (Å²) in [6.45, 7) is 0. The van der Waals surface area contributed by atoms with E-state index in [1.807, 2.05) is 24.3 Å². The smallest absolute Gasteiger partial charge is 0.134 e. The van der Waals surface area contributed by atoms with Crippen LogP contribution in [0, 0.1) is 0 Å². The van der Waals surface area contributed by atoms with Crippen LogP contribution in [0.25, 0.3) is 0 Å². The third kappa shape index (κ3) is 2.13. The van der Waals surface area contributed by atoms with E-state index in [0.717, 1.165) is 23.1 Å². The molecule has 0 unspecified atom stereocenters. The van der Waals surface area contributed by atoms with Crippen molar-refractivity contribution in [3.8, 4) is 5.75 Å². The van der Waals surface area contributed by atoms with Gasteiger partial charge < -0.3 is 4.74 Å². The fourth-order valence-electron chi connectivity index (χ4n) is 1.41. The molecular weight excluding hydrogens is 228 g/mol. The molecule has 1 atom stereocenters. The van der Waals surface area contributed by atoms with E-state index in [1.165, 1.54) is 0 Å². The van der Waals surface area contributed by atoms with E-state index in [9.17, 15) is 0 Å². The van der Waals surface area contributed by atoms with Gasteiger partial charge in [0.05, 0.1) is 4.47 Å². The molecule has 0 radical (unpaired) electrons. The lowest BCUT2D eigenvalue weighted by atomic mass is 10.3. The lowest BCUT2D eigenvalue weighted by Gasteiger charge is -2.12. The summed E-state index contributed by atoms with van der Waals surface area (Å²) in [4.78, 5) is 0. The summed E-state index contributed by atoms with van der Waals surface area (Å²) in [5, 5.41) is 0. The molecule has 0 saturated heterocycles. The lowest BCUT2D eigenvalue weighted by molar-refractivity contribution is 0.247. The van der Waals surface area contributed by atoms with Crippen LogP contribution in [0.15, 0.2) is 40.9 Å². The van der Waals surface area contributed by atoms with Gasteiger partial charge in [-0.3, -0.25) is 0 Å². The molecular formula is C11H11BrO. The fraction of sp³-hybridized carbons (Fsp3) is 0.273. The number of hydrogen-bond acceptors (Lipinski definition) is 1. The van der Waals surface area contributed by atoms with Gasteiger partial charge in [-0.1, -0.05) is 18.2 Å². The summed E-state index contributed by atoms with van der Waals surface area (Å²) < 4.78 is 6.80. The Morgan fingerprint density at radius 1 is 1.31 bits per heavy atom. The zero-order valence-corrected chi connectivity index (χ0v) is 8.83. The molecule has 0 aliphatic heterocycles. The topological polar surface area (TPSA) is 9.23 Å². The van der Waals surface area contributed by atoms with Gasteiger partial charge in [-0.2, -0.15) is 0 Å². The summed E-state index contributed by atoms with van der Waals surface area (Å²) in [5.41, 5.74) is 0. The third-order valence-corrected chi connectivity index (χ3v) is 2.74. The van der Waals surface area contributed by atoms with Crippen LogP contribution in [-0.4, -0.2) is 6.10 Å². The molecule has 0 spiro atoms. The number of ether oxygens (including phenoxy) is 1. The average molecular weight is 239 g/mol. The highest BCUT2D eigenvalue weighted by molar-refractivity contribution is 9.10.